The summed E-state index contributed by atoms with van der Waals surface area (Å²) in [5.41, 5.74) is 2.44. The maximum absolute atomic E-state index is 6.08. The van der Waals surface area contributed by atoms with Gasteiger partial charge < -0.3 is 10.7 Å². The Hall–Kier alpha value is -0.710. The minimum atomic E-state index is 0.358. The van der Waals surface area contributed by atoms with E-state index in [-0.39, 0.29) is 0 Å². The second-order valence-corrected chi connectivity index (χ2v) is 4.65. The van der Waals surface area contributed by atoms with E-state index >= 15 is 0 Å². The van der Waals surface area contributed by atoms with Crippen LogP contribution in [0, 0.1) is 0 Å². The highest BCUT2D eigenvalue weighted by molar-refractivity contribution is 6.37. The van der Waals surface area contributed by atoms with Gasteiger partial charge in [-0.2, -0.15) is 0 Å². The Morgan fingerprint density at radius 2 is 1.94 bits per heavy atom. The minimum absolute atomic E-state index is 0.358. The monoisotopic (exact) mass is 276 g/mol. The summed E-state index contributed by atoms with van der Waals surface area (Å²) in [4.78, 5) is 4.25. The average molecular weight is 277 g/mol. The van der Waals surface area contributed by atoms with Crippen molar-refractivity contribution in [3.05, 3.63) is 16.1 Å². The van der Waals surface area contributed by atoms with E-state index in [0.29, 0.717) is 27.7 Å². The second-order valence-electron chi connectivity index (χ2n) is 3.83. The summed E-state index contributed by atoms with van der Waals surface area (Å²) in [6.07, 6.45) is 3.20. The molecule has 1 atom stereocenters. The Kier molecular flexibility index (Phi) is 5.82. The van der Waals surface area contributed by atoms with Crippen LogP contribution in [-0.4, -0.2) is 11.0 Å². The molecule has 0 aliphatic heterocycles. The molecule has 0 saturated carbocycles. The molecule has 0 spiro atoms. The van der Waals surface area contributed by atoms with Crippen LogP contribution < -0.4 is 16.6 Å². The van der Waals surface area contributed by atoms with Crippen molar-refractivity contribution in [2.45, 2.75) is 39.2 Å². The van der Waals surface area contributed by atoms with E-state index in [1.807, 2.05) is 0 Å². The lowest BCUT2D eigenvalue weighted by Gasteiger charge is -2.18. The van der Waals surface area contributed by atoms with Crippen LogP contribution in [0.3, 0.4) is 0 Å². The average Bonchev–Trinajstić information content (AvgIpc) is 2.31. The summed E-state index contributed by atoms with van der Waals surface area (Å²) in [7, 11) is 0. The van der Waals surface area contributed by atoms with Crippen molar-refractivity contribution in [2.75, 3.05) is 10.7 Å². The first-order chi connectivity index (χ1) is 8.12. The van der Waals surface area contributed by atoms with Crippen molar-refractivity contribution in [3.63, 3.8) is 0 Å². The molecule has 4 N–H and O–H groups in total. The molecule has 0 fully saturated rings. The smallest absolute Gasteiger partial charge is 0.161 e. The van der Waals surface area contributed by atoms with Gasteiger partial charge in [-0.25, -0.2) is 10.8 Å². The molecule has 0 aromatic carbocycles. The van der Waals surface area contributed by atoms with Gasteiger partial charge in [0.05, 0.1) is 10.0 Å². The van der Waals surface area contributed by atoms with Crippen LogP contribution in [0.15, 0.2) is 6.07 Å². The molecule has 1 aromatic rings. The fourth-order valence-electron chi connectivity index (χ4n) is 1.59. The topological polar surface area (TPSA) is 63.0 Å². The minimum Gasteiger partial charge on any atom is -0.366 e. The lowest BCUT2D eigenvalue weighted by atomic mass is 10.1. The fourth-order valence-corrected chi connectivity index (χ4v) is 2.06. The number of nitrogen functional groups attached to an aromatic ring is 1. The molecule has 0 aliphatic rings. The highest BCUT2D eigenvalue weighted by Gasteiger charge is 2.12. The lowest BCUT2D eigenvalue weighted by molar-refractivity contribution is 0.620. The summed E-state index contributed by atoms with van der Waals surface area (Å²) in [6.45, 7) is 4.27. The van der Waals surface area contributed by atoms with Crippen LogP contribution in [0.2, 0.25) is 10.0 Å². The molecule has 1 heterocycles. The predicted octanol–water partition coefficient (Wildman–Crippen LogP) is 3.66. The third-order valence-electron chi connectivity index (χ3n) is 2.54. The van der Waals surface area contributed by atoms with E-state index in [1.165, 1.54) is 0 Å². The van der Waals surface area contributed by atoms with Gasteiger partial charge in [0.25, 0.3) is 0 Å². The maximum Gasteiger partial charge on any atom is 0.161 e. The molecule has 96 valence electrons. The summed E-state index contributed by atoms with van der Waals surface area (Å²) < 4.78 is 0. The molecular formula is C11H18Cl2N4. The Labute approximate surface area is 112 Å². The van der Waals surface area contributed by atoms with Crippen molar-refractivity contribution in [1.29, 1.82) is 0 Å². The van der Waals surface area contributed by atoms with Gasteiger partial charge in [-0.05, 0) is 18.9 Å². The van der Waals surface area contributed by atoms with Gasteiger partial charge in [-0.3, -0.25) is 0 Å². The van der Waals surface area contributed by atoms with Crippen molar-refractivity contribution in [2.24, 2.45) is 5.84 Å². The summed E-state index contributed by atoms with van der Waals surface area (Å²) >= 11 is 12.0. The number of aromatic nitrogens is 1. The van der Waals surface area contributed by atoms with Crippen LogP contribution in [-0.2, 0) is 0 Å². The Morgan fingerprint density at radius 3 is 2.47 bits per heavy atom. The zero-order valence-electron chi connectivity index (χ0n) is 10.1. The predicted molar refractivity (Wildman–Crippen MR) is 74.7 cm³/mol. The molecule has 0 amide bonds. The molecule has 0 radical (unpaired) electrons. The van der Waals surface area contributed by atoms with Gasteiger partial charge in [0, 0.05) is 6.04 Å². The molecule has 1 unspecified atom stereocenters. The molecule has 0 saturated heterocycles. The summed E-state index contributed by atoms with van der Waals surface area (Å²) in [5.74, 6) is 6.36. The van der Waals surface area contributed by atoms with Crippen LogP contribution in [0.5, 0.6) is 0 Å². The van der Waals surface area contributed by atoms with E-state index in [1.54, 1.807) is 6.07 Å². The normalized spacial score (nSPS) is 12.3. The van der Waals surface area contributed by atoms with E-state index in [2.05, 4.69) is 29.6 Å². The van der Waals surface area contributed by atoms with Crippen LogP contribution in [0.25, 0.3) is 0 Å². The SMILES string of the molecule is CCCC(CC)Nc1nc(NN)c(Cl)cc1Cl. The molecule has 1 rings (SSSR count). The molecule has 17 heavy (non-hydrogen) atoms. The van der Waals surface area contributed by atoms with Gasteiger partial charge >= 0.3 is 0 Å². The van der Waals surface area contributed by atoms with Gasteiger partial charge in [-0.1, -0.05) is 43.5 Å². The van der Waals surface area contributed by atoms with Crippen molar-refractivity contribution < 1.29 is 0 Å². The van der Waals surface area contributed by atoms with Crippen molar-refractivity contribution in [3.8, 4) is 0 Å². The highest BCUT2D eigenvalue weighted by Crippen LogP contribution is 2.29. The molecule has 0 bridgehead atoms. The first-order valence-electron chi connectivity index (χ1n) is 5.71. The van der Waals surface area contributed by atoms with E-state index in [0.717, 1.165) is 19.3 Å². The largest absolute Gasteiger partial charge is 0.366 e. The van der Waals surface area contributed by atoms with Crippen LogP contribution in [0.1, 0.15) is 33.1 Å². The number of pyridine rings is 1. The van der Waals surface area contributed by atoms with Gasteiger partial charge in [-0.15, -0.1) is 0 Å². The highest BCUT2D eigenvalue weighted by atomic mass is 35.5. The zero-order chi connectivity index (χ0) is 12.8. The van der Waals surface area contributed by atoms with Crippen LogP contribution >= 0.6 is 23.2 Å². The fraction of sp³-hybridized carbons (Fsp3) is 0.545. The first kappa shape index (κ1) is 14.4. The molecule has 0 aliphatic carbocycles. The molecule has 4 nitrogen and oxygen atoms in total. The number of nitrogens with two attached hydrogens (primary N) is 1. The summed E-state index contributed by atoms with van der Waals surface area (Å²) in [5, 5.41) is 4.21. The number of anilines is 2. The summed E-state index contributed by atoms with van der Waals surface area (Å²) in [6, 6.07) is 1.99. The van der Waals surface area contributed by atoms with Crippen LogP contribution in [0.4, 0.5) is 11.6 Å². The van der Waals surface area contributed by atoms with Gasteiger partial charge in [0.2, 0.25) is 0 Å². The van der Waals surface area contributed by atoms with E-state index in [4.69, 9.17) is 29.0 Å². The zero-order valence-corrected chi connectivity index (χ0v) is 11.6. The van der Waals surface area contributed by atoms with Crippen molar-refractivity contribution in [1.82, 2.24) is 4.98 Å². The van der Waals surface area contributed by atoms with Gasteiger partial charge in [0.15, 0.2) is 5.82 Å². The number of nitrogens with one attached hydrogen (secondary N) is 2. The number of hydrazine groups is 1. The molecule has 6 heteroatoms. The number of halogens is 2. The number of hydrogen-bond acceptors (Lipinski definition) is 4. The molecule has 1 aromatic heterocycles. The van der Waals surface area contributed by atoms with Gasteiger partial charge in [0.1, 0.15) is 5.82 Å². The number of nitrogens with zero attached hydrogens (tertiary/aromatic N) is 1. The Bertz CT molecular complexity index is 371. The molecular weight excluding hydrogens is 259 g/mol. The quantitative estimate of drug-likeness (QED) is 0.548. The van der Waals surface area contributed by atoms with Crippen molar-refractivity contribution >= 4 is 34.8 Å². The lowest BCUT2D eigenvalue weighted by Crippen LogP contribution is -2.20. The third-order valence-corrected chi connectivity index (χ3v) is 3.11. The van der Waals surface area contributed by atoms with E-state index in [9.17, 15) is 0 Å². The number of rotatable bonds is 6. The Balaban J connectivity index is 2.89. The number of hydrogen-bond donors (Lipinski definition) is 3. The maximum atomic E-state index is 6.08. The second kappa shape index (κ2) is 6.89. The first-order valence-corrected chi connectivity index (χ1v) is 6.47. The third kappa shape index (κ3) is 3.91. The Morgan fingerprint density at radius 1 is 1.29 bits per heavy atom. The van der Waals surface area contributed by atoms with E-state index < -0.39 is 0 Å². The standard InChI is InChI=1S/C11H18Cl2N4/c1-3-5-7(4-2)15-10-8(12)6-9(13)11(16-10)17-14/h6-7H,3-5,14H2,1-2H3,(H2,15,16,17).